The Hall–Kier alpha value is -2.34. The lowest BCUT2D eigenvalue weighted by Gasteiger charge is -2.10. The highest BCUT2D eigenvalue weighted by Crippen LogP contribution is 2.27. The molecule has 0 saturated heterocycles. The van der Waals surface area contributed by atoms with E-state index in [9.17, 15) is 9.18 Å². The molecule has 0 aliphatic carbocycles. The van der Waals surface area contributed by atoms with Crippen LogP contribution in [0.1, 0.15) is 6.92 Å². The summed E-state index contributed by atoms with van der Waals surface area (Å²) in [5, 5.41) is 2.51. The predicted molar refractivity (Wildman–Crippen MR) is 84.4 cm³/mol. The van der Waals surface area contributed by atoms with Crippen molar-refractivity contribution in [2.45, 2.75) is 17.4 Å². The number of rotatable bonds is 4. The van der Waals surface area contributed by atoms with Gasteiger partial charge in [-0.05, 0) is 31.2 Å². The molecule has 0 saturated carbocycles. The van der Waals surface area contributed by atoms with Crippen LogP contribution in [0.3, 0.4) is 0 Å². The Balaban J connectivity index is 1.69. The molecule has 1 heterocycles. The summed E-state index contributed by atoms with van der Waals surface area (Å²) in [4.78, 5) is 16.4. The summed E-state index contributed by atoms with van der Waals surface area (Å²) in [6.45, 7) is 1.72. The van der Waals surface area contributed by atoms with E-state index >= 15 is 0 Å². The van der Waals surface area contributed by atoms with Crippen LogP contribution in [-0.4, -0.2) is 16.1 Å². The van der Waals surface area contributed by atoms with E-state index in [1.165, 1.54) is 23.9 Å². The fraction of sp³-hybridized carbons (Fsp3) is 0.125. The minimum atomic E-state index is -0.465. The van der Waals surface area contributed by atoms with E-state index in [-0.39, 0.29) is 11.6 Å². The molecule has 1 amide bonds. The maximum Gasteiger partial charge on any atom is 0.257 e. The Morgan fingerprint density at radius 2 is 1.95 bits per heavy atom. The molecule has 0 unspecified atom stereocenters. The number of carbonyl (C=O) groups is 1. The number of oxazole rings is 1. The minimum Gasteiger partial charge on any atom is -0.431 e. The van der Waals surface area contributed by atoms with Crippen molar-refractivity contribution in [3.05, 3.63) is 54.3 Å². The molecule has 0 fully saturated rings. The average molecular weight is 316 g/mol. The third kappa shape index (κ3) is 3.12. The zero-order valence-electron chi connectivity index (χ0n) is 11.7. The van der Waals surface area contributed by atoms with Crippen LogP contribution in [0.4, 0.5) is 10.1 Å². The van der Waals surface area contributed by atoms with Crippen LogP contribution >= 0.6 is 11.8 Å². The molecule has 0 bridgehead atoms. The number of anilines is 1. The number of aromatic nitrogens is 1. The van der Waals surface area contributed by atoms with Crippen molar-refractivity contribution in [3.8, 4) is 0 Å². The molecule has 0 radical (unpaired) electrons. The largest absolute Gasteiger partial charge is 0.431 e. The second kappa shape index (κ2) is 6.19. The van der Waals surface area contributed by atoms with Gasteiger partial charge >= 0.3 is 0 Å². The Morgan fingerprint density at radius 3 is 2.73 bits per heavy atom. The van der Waals surface area contributed by atoms with Gasteiger partial charge < -0.3 is 9.73 Å². The maximum atomic E-state index is 13.5. The molecule has 3 aromatic rings. The van der Waals surface area contributed by atoms with E-state index < -0.39 is 11.1 Å². The van der Waals surface area contributed by atoms with Gasteiger partial charge in [-0.3, -0.25) is 4.79 Å². The topological polar surface area (TPSA) is 55.1 Å². The van der Waals surface area contributed by atoms with Gasteiger partial charge in [-0.2, -0.15) is 0 Å². The monoisotopic (exact) mass is 316 g/mol. The summed E-state index contributed by atoms with van der Waals surface area (Å²) < 4.78 is 19.1. The van der Waals surface area contributed by atoms with Gasteiger partial charge in [-0.15, -0.1) is 0 Å². The number of benzene rings is 2. The lowest BCUT2D eigenvalue weighted by atomic mass is 10.3. The highest BCUT2D eigenvalue weighted by atomic mass is 32.2. The first-order valence-corrected chi connectivity index (χ1v) is 7.59. The Morgan fingerprint density at radius 1 is 1.23 bits per heavy atom. The first kappa shape index (κ1) is 14.6. The Kier molecular flexibility index (Phi) is 4.11. The Bertz CT molecular complexity index is 786. The lowest BCUT2D eigenvalue weighted by Crippen LogP contribution is -2.22. The number of amides is 1. The third-order valence-electron chi connectivity index (χ3n) is 3.05. The van der Waals surface area contributed by atoms with Crippen molar-refractivity contribution in [2.24, 2.45) is 0 Å². The minimum absolute atomic E-state index is 0.164. The first-order chi connectivity index (χ1) is 10.6. The number of nitrogens with zero attached hydrogens (tertiary/aromatic N) is 1. The number of carbonyl (C=O) groups excluding carboxylic acids is 1. The van der Waals surface area contributed by atoms with Gasteiger partial charge in [-0.1, -0.05) is 36.0 Å². The molecule has 6 heteroatoms. The molecule has 3 rings (SSSR count). The van der Waals surface area contributed by atoms with Crippen molar-refractivity contribution in [2.75, 3.05) is 5.32 Å². The normalized spacial score (nSPS) is 12.3. The highest BCUT2D eigenvalue weighted by Gasteiger charge is 2.19. The summed E-state index contributed by atoms with van der Waals surface area (Å²) in [6, 6.07) is 13.4. The molecule has 112 valence electrons. The second-order valence-corrected chi connectivity index (χ2v) is 5.97. The molecule has 1 N–H and O–H groups in total. The van der Waals surface area contributed by atoms with E-state index in [0.717, 1.165) is 5.52 Å². The van der Waals surface area contributed by atoms with Crippen LogP contribution in [0, 0.1) is 5.82 Å². The van der Waals surface area contributed by atoms with Crippen molar-refractivity contribution in [1.29, 1.82) is 0 Å². The van der Waals surface area contributed by atoms with Gasteiger partial charge in [0.15, 0.2) is 5.58 Å². The summed E-state index contributed by atoms with van der Waals surface area (Å²) in [5.41, 5.74) is 1.58. The standard InChI is InChI=1S/C16H13FN2O2S/c1-10(15(20)18-12-7-3-2-6-11(12)17)22-16-19-13-8-4-5-9-14(13)21-16/h2-10H,1H3,(H,18,20)/t10-/m0/s1. The summed E-state index contributed by atoms with van der Waals surface area (Å²) in [7, 11) is 0. The van der Waals surface area contributed by atoms with Crippen molar-refractivity contribution in [3.63, 3.8) is 0 Å². The predicted octanol–water partition coefficient (Wildman–Crippen LogP) is 4.09. The van der Waals surface area contributed by atoms with E-state index in [2.05, 4.69) is 10.3 Å². The molecule has 22 heavy (non-hydrogen) atoms. The SMILES string of the molecule is C[C@H](Sc1nc2ccccc2o1)C(=O)Nc1ccccc1F. The van der Waals surface area contributed by atoms with Crippen LogP contribution in [-0.2, 0) is 4.79 Å². The summed E-state index contributed by atoms with van der Waals surface area (Å²) in [6.07, 6.45) is 0. The van der Waals surface area contributed by atoms with Crippen molar-refractivity contribution in [1.82, 2.24) is 4.98 Å². The quantitative estimate of drug-likeness (QED) is 0.737. The van der Waals surface area contributed by atoms with Crippen LogP contribution in [0.25, 0.3) is 11.1 Å². The molecule has 2 aromatic carbocycles. The first-order valence-electron chi connectivity index (χ1n) is 6.71. The molecular weight excluding hydrogens is 303 g/mol. The zero-order valence-corrected chi connectivity index (χ0v) is 12.6. The van der Waals surface area contributed by atoms with E-state index in [0.29, 0.717) is 10.8 Å². The summed E-state index contributed by atoms with van der Waals surface area (Å²) >= 11 is 1.19. The number of thioether (sulfide) groups is 1. The molecule has 0 aliphatic rings. The van der Waals surface area contributed by atoms with Crippen LogP contribution < -0.4 is 5.32 Å². The van der Waals surface area contributed by atoms with E-state index in [1.807, 2.05) is 24.3 Å². The lowest BCUT2D eigenvalue weighted by molar-refractivity contribution is -0.115. The second-order valence-electron chi connectivity index (χ2n) is 4.68. The van der Waals surface area contributed by atoms with Crippen LogP contribution in [0.15, 0.2) is 58.2 Å². The smallest absolute Gasteiger partial charge is 0.257 e. The van der Waals surface area contributed by atoms with Gasteiger partial charge in [0, 0.05) is 0 Å². The summed E-state index contributed by atoms with van der Waals surface area (Å²) in [5.74, 6) is -0.771. The number of hydrogen-bond acceptors (Lipinski definition) is 4. The molecule has 4 nitrogen and oxygen atoms in total. The average Bonchev–Trinajstić information content (AvgIpc) is 2.91. The number of para-hydroxylation sites is 3. The fourth-order valence-electron chi connectivity index (χ4n) is 1.90. The molecule has 1 atom stereocenters. The number of hydrogen-bond donors (Lipinski definition) is 1. The number of fused-ring (bicyclic) bond motifs is 1. The third-order valence-corrected chi connectivity index (χ3v) is 4.00. The van der Waals surface area contributed by atoms with E-state index in [1.54, 1.807) is 19.1 Å². The molecule has 1 aromatic heterocycles. The molecule has 0 spiro atoms. The molecular formula is C16H13FN2O2S. The van der Waals surface area contributed by atoms with Crippen LogP contribution in [0.2, 0.25) is 0 Å². The van der Waals surface area contributed by atoms with Crippen molar-refractivity contribution < 1.29 is 13.6 Å². The van der Waals surface area contributed by atoms with Gasteiger partial charge in [0.25, 0.3) is 5.22 Å². The van der Waals surface area contributed by atoms with Crippen LogP contribution in [0.5, 0.6) is 0 Å². The Labute approximate surface area is 130 Å². The number of halogens is 1. The fourth-order valence-corrected chi connectivity index (χ4v) is 2.66. The highest BCUT2D eigenvalue weighted by molar-refractivity contribution is 8.00. The van der Waals surface area contributed by atoms with Gasteiger partial charge in [0.05, 0.1) is 10.9 Å². The van der Waals surface area contributed by atoms with Gasteiger partial charge in [0.1, 0.15) is 11.3 Å². The molecule has 0 aliphatic heterocycles. The van der Waals surface area contributed by atoms with Crippen molar-refractivity contribution >= 4 is 34.5 Å². The maximum absolute atomic E-state index is 13.5. The number of nitrogens with one attached hydrogen (secondary N) is 1. The zero-order chi connectivity index (χ0) is 15.5. The van der Waals surface area contributed by atoms with E-state index in [4.69, 9.17) is 4.42 Å². The van der Waals surface area contributed by atoms with Gasteiger partial charge in [-0.25, -0.2) is 9.37 Å². The van der Waals surface area contributed by atoms with Gasteiger partial charge in [0.2, 0.25) is 5.91 Å².